The number of hydrogen-bond acceptors (Lipinski definition) is 6. The van der Waals surface area contributed by atoms with Gasteiger partial charge in [0, 0.05) is 19.0 Å². The van der Waals surface area contributed by atoms with Crippen LogP contribution < -0.4 is 4.74 Å². The van der Waals surface area contributed by atoms with Gasteiger partial charge in [0.2, 0.25) is 0 Å². The summed E-state index contributed by atoms with van der Waals surface area (Å²) >= 11 is 0. The Balaban J connectivity index is 1.61. The van der Waals surface area contributed by atoms with E-state index in [2.05, 4.69) is 0 Å². The van der Waals surface area contributed by atoms with E-state index in [1.54, 1.807) is 45.0 Å². The Morgan fingerprint density at radius 3 is 2.20 bits per heavy atom. The fourth-order valence-electron chi connectivity index (χ4n) is 6.62. The maximum atomic E-state index is 14.6. The molecule has 46 heavy (non-hydrogen) atoms. The summed E-state index contributed by atoms with van der Waals surface area (Å²) in [4.78, 5) is 14.9. The zero-order valence-electron chi connectivity index (χ0n) is 26.2. The van der Waals surface area contributed by atoms with E-state index in [1.165, 1.54) is 36.3 Å². The number of aryl methyl sites for hydroxylation is 1. The van der Waals surface area contributed by atoms with Crippen LogP contribution in [0.5, 0.6) is 5.75 Å². The summed E-state index contributed by atoms with van der Waals surface area (Å²) in [6.45, 7) is 5.87. The number of amides is 1. The average Bonchev–Trinajstić information content (AvgIpc) is 3.65. The monoisotopic (exact) mass is 663 g/mol. The van der Waals surface area contributed by atoms with Crippen molar-refractivity contribution in [2.24, 2.45) is 11.8 Å². The summed E-state index contributed by atoms with van der Waals surface area (Å²) in [5.41, 5.74) is -2.99. The van der Waals surface area contributed by atoms with E-state index >= 15 is 0 Å². The second-order valence-corrected chi connectivity index (χ2v) is 15.3. The van der Waals surface area contributed by atoms with Gasteiger partial charge in [0.05, 0.1) is 12.0 Å². The Labute approximate surface area is 266 Å². The van der Waals surface area contributed by atoms with E-state index in [9.17, 15) is 35.9 Å². The smallest absolute Gasteiger partial charge is 0.421 e. The summed E-state index contributed by atoms with van der Waals surface area (Å²) < 4.78 is 93.6. The van der Waals surface area contributed by atoms with Crippen molar-refractivity contribution >= 4 is 15.9 Å². The van der Waals surface area contributed by atoms with Gasteiger partial charge in [0.15, 0.2) is 15.4 Å². The summed E-state index contributed by atoms with van der Waals surface area (Å²) in [6.07, 6.45) is -5.05. The Morgan fingerprint density at radius 1 is 1.00 bits per heavy atom. The van der Waals surface area contributed by atoms with Gasteiger partial charge in [-0.05, 0) is 105 Å². The molecule has 0 saturated heterocycles. The SMILES string of the molecule is COc1ccc(CN(CC2C3CCc4cc(C(C)(O)C(F)(F)F)ccc4C32S(=O)(=O)c2ccc(F)cc2)C(=O)OC(C)(C)C)cc1. The number of methoxy groups -OCH3 is 1. The van der Waals surface area contributed by atoms with E-state index in [0.717, 1.165) is 23.8 Å². The number of fused-ring (bicyclic) bond motifs is 3. The van der Waals surface area contributed by atoms with Crippen molar-refractivity contribution in [3.63, 3.8) is 0 Å². The molecule has 3 aromatic carbocycles. The third-order valence-corrected chi connectivity index (χ3v) is 11.6. The van der Waals surface area contributed by atoms with Crippen molar-refractivity contribution in [3.05, 3.63) is 94.8 Å². The molecule has 0 bridgehead atoms. The Kier molecular flexibility index (Phi) is 8.47. The standard InChI is InChI=1S/C34H37F4NO6S/c1-31(2,3)45-30(40)39(19-21-6-12-25(44-5)13-7-21)20-29-28-16-8-22-18-23(32(4,41)34(36,37)38)9-17-27(22)33(28,29)46(42,43)26-14-10-24(35)11-15-26/h6-7,9-15,17-18,28-29,41H,8,16,19-20H2,1-5H3. The Morgan fingerprint density at radius 2 is 1.63 bits per heavy atom. The Hall–Kier alpha value is -3.64. The van der Waals surface area contributed by atoms with Gasteiger partial charge < -0.3 is 19.5 Å². The first-order valence-electron chi connectivity index (χ1n) is 14.9. The molecule has 4 unspecified atom stereocenters. The molecule has 4 atom stereocenters. The van der Waals surface area contributed by atoms with Gasteiger partial charge in [0.25, 0.3) is 0 Å². The minimum Gasteiger partial charge on any atom is -0.497 e. The molecule has 0 aliphatic heterocycles. The third-order valence-electron chi connectivity index (χ3n) is 9.01. The van der Waals surface area contributed by atoms with Crippen LogP contribution in [0.4, 0.5) is 22.4 Å². The number of hydrogen-bond donors (Lipinski definition) is 1. The van der Waals surface area contributed by atoms with Crippen LogP contribution in [-0.4, -0.2) is 49.9 Å². The average molecular weight is 664 g/mol. The van der Waals surface area contributed by atoms with E-state index in [-0.39, 0.29) is 24.4 Å². The molecule has 1 N–H and O–H groups in total. The summed E-state index contributed by atoms with van der Waals surface area (Å²) in [5, 5.41) is 10.4. The van der Waals surface area contributed by atoms with E-state index in [4.69, 9.17) is 9.47 Å². The largest absolute Gasteiger partial charge is 0.497 e. The molecule has 1 fully saturated rings. The fourth-order valence-corrected chi connectivity index (χ4v) is 9.24. The lowest BCUT2D eigenvalue weighted by molar-refractivity contribution is -0.258. The summed E-state index contributed by atoms with van der Waals surface area (Å²) in [5.74, 6) is -1.17. The van der Waals surface area contributed by atoms with Crippen LogP contribution in [0, 0.1) is 17.7 Å². The zero-order valence-corrected chi connectivity index (χ0v) is 27.0. The molecule has 2 aliphatic carbocycles. The molecule has 0 spiro atoms. The first-order valence-corrected chi connectivity index (χ1v) is 16.4. The minimum atomic E-state index is -4.96. The summed E-state index contributed by atoms with van der Waals surface area (Å²) in [6, 6.07) is 15.1. The van der Waals surface area contributed by atoms with Crippen LogP contribution in [0.1, 0.15) is 56.4 Å². The number of carbonyl (C=O) groups is 1. The number of carbonyl (C=O) groups excluding carboxylic acids is 1. The molecular weight excluding hydrogens is 626 g/mol. The van der Waals surface area contributed by atoms with Crippen LogP contribution in [0.25, 0.3) is 0 Å². The van der Waals surface area contributed by atoms with Gasteiger partial charge in [-0.2, -0.15) is 13.2 Å². The molecule has 0 aromatic heterocycles. The minimum absolute atomic E-state index is 0.0342. The summed E-state index contributed by atoms with van der Waals surface area (Å²) in [7, 11) is -2.75. The first-order chi connectivity index (χ1) is 21.3. The van der Waals surface area contributed by atoms with Gasteiger partial charge in [-0.15, -0.1) is 0 Å². The molecule has 2 aliphatic rings. The number of nitrogens with zero attached hydrogens (tertiary/aromatic N) is 1. The van der Waals surface area contributed by atoms with Gasteiger partial charge >= 0.3 is 12.3 Å². The molecule has 3 aromatic rings. The number of halogens is 4. The van der Waals surface area contributed by atoms with Gasteiger partial charge in [-0.25, -0.2) is 17.6 Å². The molecule has 0 radical (unpaired) electrons. The molecule has 0 heterocycles. The molecule has 12 heteroatoms. The molecule has 7 nitrogen and oxygen atoms in total. The predicted octanol–water partition coefficient (Wildman–Crippen LogP) is 6.90. The second-order valence-electron chi connectivity index (χ2n) is 13.2. The second kappa shape index (κ2) is 11.6. The van der Waals surface area contributed by atoms with E-state index < -0.39 is 61.3 Å². The van der Waals surface area contributed by atoms with Gasteiger partial charge in [-0.1, -0.05) is 30.3 Å². The predicted molar refractivity (Wildman–Crippen MR) is 162 cm³/mol. The topological polar surface area (TPSA) is 93.1 Å². The molecule has 1 amide bonds. The number of aliphatic hydroxyl groups is 1. The number of benzene rings is 3. The Bertz CT molecular complexity index is 1720. The fraction of sp³-hybridized carbons (Fsp3) is 0.441. The number of alkyl halides is 3. The number of sulfone groups is 1. The lowest BCUT2D eigenvalue weighted by Gasteiger charge is -2.31. The maximum absolute atomic E-state index is 14.6. The van der Waals surface area contributed by atoms with Crippen molar-refractivity contribution in [1.29, 1.82) is 0 Å². The zero-order chi connectivity index (χ0) is 33.9. The van der Waals surface area contributed by atoms with Gasteiger partial charge in [-0.3, -0.25) is 0 Å². The normalized spacial score (nSPS) is 22.2. The number of rotatable bonds is 8. The maximum Gasteiger partial charge on any atom is 0.421 e. The van der Waals surface area contributed by atoms with Crippen molar-refractivity contribution in [1.82, 2.24) is 4.90 Å². The van der Waals surface area contributed by atoms with Crippen molar-refractivity contribution < 1.29 is 45.4 Å². The van der Waals surface area contributed by atoms with Crippen LogP contribution in [-0.2, 0) is 37.9 Å². The highest BCUT2D eigenvalue weighted by Crippen LogP contribution is 2.69. The van der Waals surface area contributed by atoms with Crippen LogP contribution in [0.15, 0.2) is 71.6 Å². The van der Waals surface area contributed by atoms with Crippen molar-refractivity contribution in [2.75, 3.05) is 13.7 Å². The highest BCUT2D eigenvalue weighted by atomic mass is 32.2. The van der Waals surface area contributed by atoms with E-state index in [0.29, 0.717) is 30.2 Å². The lowest BCUT2D eigenvalue weighted by atomic mass is 9.86. The van der Waals surface area contributed by atoms with Crippen LogP contribution in [0.3, 0.4) is 0 Å². The van der Waals surface area contributed by atoms with Crippen LogP contribution in [0.2, 0.25) is 0 Å². The molecule has 1 saturated carbocycles. The molecular formula is C34H37F4NO6S. The molecule has 5 rings (SSSR count). The van der Waals surface area contributed by atoms with Gasteiger partial charge in [0.1, 0.15) is 21.9 Å². The lowest BCUT2D eigenvalue weighted by Crippen LogP contribution is -2.40. The third kappa shape index (κ3) is 5.85. The van der Waals surface area contributed by atoms with Crippen molar-refractivity contribution in [3.8, 4) is 5.75 Å². The highest BCUT2D eigenvalue weighted by Gasteiger charge is 2.74. The van der Waals surface area contributed by atoms with Crippen LogP contribution >= 0.6 is 0 Å². The first kappa shape index (κ1) is 33.7. The molecule has 248 valence electrons. The van der Waals surface area contributed by atoms with E-state index in [1.807, 2.05) is 0 Å². The van der Waals surface area contributed by atoms with Crippen molar-refractivity contribution in [2.45, 2.75) is 74.1 Å². The quantitative estimate of drug-likeness (QED) is 0.208. The highest BCUT2D eigenvalue weighted by molar-refractivity contribution is 7.92. The number of ether oxygens (including phenoxy) is 2.